The Morgan fingerprint density at radius 3 is 2.60 bits per heavy atom. The van der Waals surface area contributed by atoms with Crippen molar-refractivity contribution in [3.05, 3.63) is 47.4 Å². The third-order valence-corrected chi connectivity index (χ3v) is 8.08. The number of nitrogens with zero attached hydrogens (tertiary/aromatic N) is 3. The molecule has 2 aromatic heterocycles. The SMILES string of the molecule is Nc1cc(OC(F)(F)F)ccc1C(=O)N1CCC(c2ccnc3nc(C4CCS(=O)C4)[nH]c23)CC1. The standard InChI is InChI=1S/C23H24F3N5O3S/c24-23(25,26)34-15-1-2-17(18(27)11-15)22(32)31-8-4-13(5-9-31)16-3-7-28-21-19(16)29-20(30-21)14-6-10-35(33)12-14/h1-3,7,11,13-14H,4-6,8-10,12,27H2,(H,28,29,30). The molecule has 186 valence electrons. The summed E-state index contributed by atoms with van der Waals surface area (Å²) in [5, 5.41) is 0. The number of anilines is 1. The Morgan fingerprint density at radius 2 is 1.94 bits per heavy atom. The molecule has 2 atom stereocenters. The van der Waals surface area contributed by atoms with Crippen LogP contribution in [-0.2, 0) is 10.8 Å². The van der Waals surface area contributed by atoms with Crippen molar-refractivity contribution in [3.8, 4) is 5.75 Å². The molecule has 2 aliphatic heterocycles. The van der Waals surface area contributed by atoms with Crippen LogP contribution >= 0.6 is 0 Å². The summed E-state index contributed by atoms with van der Waals surface area (Å²) >= 11 is 0. The number of H-pyrrole nitrogens is 1. The zero-order valence-corrected chi connectivity index (χ0v) is 19.5. The Morgan fingerprint density at radius 1 is 1.17 bits per heavy atom. The summed E-state index contributed by atoms with van der Waals surface area (Å²) in [6.45, 7) is 0.965. The van der Waals surface area contributed by atoms with E-state index in [9.17, 15) is 22.2 Å². The van der Waals surface area contributed by atoms with Crippen molar-refractivity contribution in [2.75, 3.05) is 30.3 Å². The molecule has 0 radical (unpaired) electrons. The molecule has 1 amide bonds. The van der Waals surface area contributed by atoms with Crippen LogP contribution in [0.4, 0.5) is 18.9 Å². The Bertz CT molecular complexity index is 1290. The predicted molar refractivity (Wildman–Crippen MR) is 125 cm³/mol. The molecule has 8 nitrogen and oxygen atoms in total. The Hall–Kier alpha value is -3.15. The molecule has 3 N–H and O–H groups in total. The average Bonchev–Trinajstić information content (AvgIpc) is 3.44. The zero-order valence-electron chi connectivity index (χ0n) is 18.7. The number of pyridine rings is 1. The number of likely N-dealkylation sites (tertiary alicyclic amines) is 1. The second kappa shape index (κ2) is 9.14. The second-order valence-corrected chi connectivity index (χ2v) is 10.5. The van der Waals surface area contributed by atoms with E-state index in [0.29, 0.717) is 43.1 Å². The molecule has 2 unspecified atom stereocenters. The van der Waals surface area contributed by atoms with Crippen molar-refractivity contribution in [1.29, 1.82) is 0 Å². The fourth-order valence-corrected chi connectivity index (χ4v) is 6.35. The smallest absolute Gasteiger partial charge is 0.406 e. The summed E-state index contributed by atoms with van der Waals surface area (Å²) in [6.07, 6.45) is -0.834. The first-order valence-electron chi connectivity index (χ1n) is 11.3. The molecule has 5 rings (SSSR count). The molecular formula is C23H24F3N5O3S. The van der Waals surface area contributed by atoms with Gasteiger partial charge >= 0.3 is 6.36 Å². The predicted octanol–water partition coefficient (Wildman–Crippen LogP) is 3.69. The van der Waals surface area contributed by atoms with E-state index in [0.717, 1.165) is 35.5 Å². The van der Waals surface area contributed by atoms with Gasteiger partial charge in [-0.1, -0.05) is 0 Å². The molecule has 12 heteroatoms. The van der Waals surface area contributed by atoms with Crippen LogP contribution in [0, 0.1) is 0 Å². The number of ether oxygens (including phenoxy) is 1. The molecule has 3 aromatic rings. The monoisotopic (exact) mass is 507 g/mol. The number of imidazole rings is 1. The minimum Gasteiger partial charge on any atom is -0.406 e. The van der Waals surface area contributed by atoms with Gasteiger partial charge in [-0.3, -0.25) is 9.00 Å². The van der Waals surface area contributed by atoms with Crippen LogP contribution in [0.25, 0.3) is 11.2 Å². The lowest BCUT2D eigenvalue weighted by molar-refractivity contribution is -0.274. The maximum Gasteiger partial charge on any atom is 0.573 e. The summed E-state index contributed by atoms with van der Waals surface area (Å²) in [7, 11) is -0.801. The van der Waals surface area contributed by atoms with Crippen LogP contribution in [0.1, 0.15) is 52.8 Å². The number of alkyl halides is 3. The van der Waals surface area contributed by atoms with Crippen LogP contribution in [0.5, 0.6) is 5.75 Å². The minimum absolute atomic E-state index is 0.0625. The molecule has 35 heavy (non-hydrogen) atoms. The van der Waals surface area contributed by atoms with Crippen LogP contribution in [-0.4, -0.2) is 60.9 Å². The molecule has 0 spiro atoms. The number of amides is 1. The maximum atomic E-state index is 13.0. The van der Waals surface area contributed by atoms with Gasteiger partial charge in [-0.05, 0) is 48.9 Å². The first-order valence-corrected chi connectivity index (χ1v) is 12.8. The Balaban J connectivity index is 1.28. The molecule has 2 fully saturated rings. The number of benzene rings is 1. The van der Waals surface area contributed by atoms with Crippen molar-refractivity contribution < 1.29 is 26.9 Å². The van der Waals surface area contributed by atoms with Gasteiger partial charge in [-0.2, -0.15) is 0 Å². The lowest BCUT2D eigenvalue weighted by Gasteiger charge is -2.32. The highest BCUT2D eigenvalue weighted by Gasteiger charge is 2.32. The number of aromatic amines is 1. The number of hydrogen-bond acceptors (Lipinski definition) is 6. The molecule has 2 saturated heterocycles. The summed E-state index contributed by atoms with van der Waals surface area (Å²) in [4.78, 5) is 27.1. The number of nitrogens with two attached hydrogens (primary N) is 1. The lowest BCUT2D eigenvalue weighted by atomic mass is 9.89. The van der Waals surface area contributed by atoms with Gasteiger partial charge in [0.1, 0.15) is 11.6 Å². The summed E-state index contributed by atoms with van der Waals surface area (Å²) in [5.41, 5.74) is 8.56. The average molecular weight is 508 g/mol. The highest BCUT2D eigenvalue weighted by atomic mass is 32.2. The van der Waals surface area contributed by atoms with Crippen LogP contribution in [0.15, 0.2) is 30.5 Å². The summed E-state index contributed by atoms with van der Waals surface area (Å²) in [6, 6.07) is 5.33. The van der Waals surface area contributed by atoms with Crippen LogP contribution < -0.4 is 10.5 Å². The molecule has 0 bridgehead atoms. The van der Waals surface area contributed by atoms with Gasteiger partial charge in [0.2, 0.25) is 0 Å². The number of hydrogen-bond donors (Lipinski definition) is 2. The number of halogens is 3. The second-order valence-electron chi connectivity index (χ2n) is 8.88. The van der Waals surface area contributed by atoms with Gasteiger partial charge in [-0.15, -0.1) is 13.2 Å². The van der Waals surface area contributed by atoms with Gasteiger partial charge < -0.3 is 20.4 Å². The first-order chi connectivity index (χ1) is 16.7. The van der Waals surface area contributed by atoms with Gasteiger partial charge in [0.05, 0.1) is 11.1 Å². The van der Waals surface area contributed by atoms with Crippen molar-refractivity contribution in [2.45, 2.75) is 37.5 Å². The summed E-state index contributed by atoms with van der Waals surface area (Å²) in [5.74, 6) is 1.68. The largest absolute Gasteiger partial charge is 0.573 e. The number of nitrogens with one attached hydrogen (secondary N) is 1. The molecule has 1 aromatic carbocycles. The first kappa shape index (κ1) is 23.6. The zero-order chi connectivity index (χ0) is 24.7. The number of carbonyl (C=O) groups is 1. The van der Waals surface area contributed by atoms with Crippen LogP contribution in [0.2, 0.25) is 0 Å². The Kier molecular flexibility index (Phi) is 6.16. The number of piperidine rings is 1. The van der Waals surface area contributed by atoms with Crippen molar-refractivity contribution >= 4 is 33.6 Å². The number of rotatable bonds is 4. The van der Waals surface area contributed by atoms with E-state index < -0.39 is 22.9 Å². The molecule has 0 saturated carbocycles. The van der Waals surface area contributed by atoms with E-state index in [-0.39, 0.29) is 29.0 Å². The molecule has 4 heterocycles. The van der Waals surface area contributed by atoms with E-state index in [1.165, 1.54) is 6.07 Å². The van der Waals surface area contributed by atoms with Crippen molar-refractivity contribution in [1.82, 2.24) is 19.9 Å². The minimum atomic E-state index is -4.83. The highest BCUT2D eigenvalue weighted by Crippen LogP contribution is 2.34. The Labute approximate surface area is 201 Å². The van der Waals surface area contributed by atoms with E-state index in [2.05, 4.69) is 19.7 Å². The van der Waals surface area contributed by atoms with Gasteiger partial charge in [0, 0.05) is 59.3 Å². The number of aromatic nitrogens is 3. The van der Waals surface area contributed by atoms with Gasteiger partial charge in [0.15, 0.2) is 5.65 Å². The lowest BCUT2D eigenvalue weighted by Crippen LogP contribution is -2.38. The van der Waals surface area contributed by atoms with Gasteiger partial charge in [0.25, 0.3) is 5.91 Å². The number of fused-ring (bicyclic) bond motifs is 1. The van der Waals surface area contributed by atoms with E-state index in [1.54, 1.807) is 11.1 Å². The van der Waals surface area contributed by atoms with E-state index >= 15 is 0 Å². The molecular weight excluding hydrogens is 483 g/mol. The van der Waals surface area contributed by atoms with Crippen LogP contribution in [0.3, 0.4) is 0 Å². The fraction of sp³-hybridized carbons (Fsp3) is 0.435. The summed E-state index contributed by atoms with van der Waals surface area (Å²) < 4.78 is 53.0. The molecule has 0 aliphatic carbocycles. The fourth-order valence-electron chi connectivity index (χ4n) is 4.86. The van der Waals surface area contributed by atoms with Crippen molar-refractivity contribution in [2.24, 2.45) is 0 Å². The normalized spacial score (nSPS) is 21.5. The van der Waals surface area contributed by atoms with E-state index in [1.807, 2.05) is 6.07 Å². The van der Waals surface area contributed by atoms with Gasteiger partial charge in [-0.25, -0.2) is 9.97 Å². The topological polar surface area (TPSA) is 114 Å². The van der Waals surface area contributed by atoms with E-state index in [4.69, 9.17) is 5.73 Å². The number of nitrogen functional groups attached to an aromatic ring is 1. The number of carbonyl (C=O) groups excluding carboxylic acids is 1. The third-order valence-electron chi connectivity index (χ3n) is 6.62. The third kappa shape index (κ3) is 4.97. The quantitative estimate of drug-likeness (QED) is 0.521. The molecule has 2 aliphatic rings. The highest BCUT2D eigenvalue weighted by molar-refractivity contribution is 7.85. The van der Waals surface area contributed by atoms with Crippen molar-refractivity contribution in [3.63, 3.8) is 0 Å². The maximum absolute atomic E-state index is 13.0.